The first-order valence-corrected chi connectivity index (χ1v) is 8.87. The third-order valence-corrected chi connectivity index (χ3v) is 5.60. The number of hydrogen-bond donors (Lipinski definition) is 2. The molecule has 19 heavy (non-hydrogen) atoms. The van der Waals surface area contributed by atoms with Crippen molar-refractivity contribution >= 4 is 29.1 Å². The largest absolute Gasteiger partial charge is 0.354 e. The fourth-order valence-electron chi connectivity index (χ4n) is 2.42. The van der Waals surface area contributed by atoms with Gasteiger partial charge in [0.2, 0.25) is 0 Å². The topological polar surface area (TPSA) is 36.4 Å². The number of nitrogens with zero attached hydrogens (tertiary/aromatic N) is 1. The van der Waals surface area contributed by atoms with Gasteiger partial charge in [-0.05, 0) is 44.6 Å². The van der Waals surface area contributed by atoms with Crippen molar-refractivity contribution in [1.29, 1.82) is 0 Å². The Balaban J connectivity index is 1.78. The van der Waals surface area contributed by atoms with E-state index in [-0.39, 0.29) is 0 Å². The molecule has 0 aliphatic heterocycles. The Bertz CT molecular complexity index is 428. The van der Waals surface area contributed by atoms with Gasteiger partial charge in [-0.25, -0.2) is 0 Å². The molecule has 1 aromatic rings. The van der Waals surface area contributed by atoms with Crippen molar-refractivity contribution in [2.24, 2.45) is 4.99 Å². The van der Waals surface area contributed by atoms with E-state index in [9.17, 15) is 0 Å². The first-order valence-electron chi connectivity index (χ1n) is 6.76. The highest BCUT2D eigenvalue weighted by Gasteiger charge is 2.24. The molecule has 2 N–H and O–H groups in total. The minimum atomic E-state index is 0.578. The van der Waals surface area contributed by atoms with Crippen LogP contribution in [0.1, 0.15) is 29.0 Å². The predicted octanol–water partition coefficient (Wildman–Crippen LogP) is 3.01. The molecule has 0 spiro atoms. The zero-order valence-corrected chi connectivity index (χ0v) is 13.5. The van der Waals surface area contributed by atoms with Crippen molar-refractivity contribution in [2.75, 3.05) is 13.3 Å². The molecule has 1 saturated carbocycles. The fourth-order valence-corrected chi connectivity index (χ4v) is 4.05. The second-order valence-corrected chi connectivity index (χ2v) is 7.46. The van der Waals surface area contributed by atoms with Crippen LogP contribution in [0.2, 0.25) is 0 Å². The van der Waals surface area contributed by atoms with Gasteiger partial charge in [-0.1, -0.05) is 0 Å². The summed E-state index contributed by atoms with van der Waals surface area (Å²) in [6, 6.07) is 4.92. The smallest absolute Gasteiger partial charge is 0.191 e. The fraction of sp³-hybridized carbons (Fsp3) is 0.643. The molecular weight excluding hydrogens is 274 g/mol. The van der Waals surface area contributed by atoms with E-state index in [1.54, 1.807) is 0 Å². The Morgan fingerprint density at radius 3 is 2.89 bits per heavy atom. The van der Waals surface area contributed by atoms with Gasteiger partial charge in [0.25, 0.3) is 0 Å². The molecule has 1 aliphatic carbocycles. The Hall–Kier alpha value is -0.680. The Labute approximate surface area is 124 Å². The summed E-state index contributed by atoms with van der Waals surface area (Å²) in [4.78, 5) is 7.03. The zero-order chi connectivity index (χ0) is 13.7. The van der Waals surface area contributed by atoms with Crippen LogP contribution >= 0.6 is 23.1 Å². The second kappa shape index (κ2) is 7.20. The number of thiophene rings is 1. The van der Waals surface area contributed by atoms with Gasteiger partial charge in [-0.2, -0.15) is 11.8 Å². The summed E-state index contributed by atoms with van der Waals surface area (Å²) in [5.74, 6) is 0.929. The van der Waals surface area contributed by atoms with Gasteiger partial charge in [0.15, 0.2) is 5.96 Å². The van der Waals surface area contributed by atoms with Crippen LogP contribution in [0.15, 0.2) is 17.1 Å². The van der Waals surface area contributed by atoms with Crippen LogP contribution in [0.25, 0.3) is 0 Å². The highest BCUT2D eigenvalue weighted by Crippen LogP contribution is 2.28. The molecule has 0 amide bonds. The number of aliphatic imine (C=N–C) groups is 1. The van der Waals surface area contributed by atoms with Crippen molar-refractivity contribution in [3.05, 3.63) is 21.9 Å². The Morgan fingerprint density at radius 1 is 1.47 bits per heavy atom. The summed E-state index contributed by atoms with van der Waals surface area (Å²) in [5, 5.41) is 7.75. The highest BCUT2D eigenvalue weighted by molar-refractivity contribution is 7.99. The van der Waals surface area contributed by atoms with Gasteiger partial charge in [0.05, 0.1) is 6.54 Å². The van der Waals surface area contributed by atoms with Gasteiger partial charge < -0.3 is 10.6 Å². The molecule has 3 nitrogen and oxygen atoms in total. The molecule has 0 aromatic carbocycles. The number of guanidine groups is 1. The van der Waals surface area contributed by atoms with Crippen LogP contribution in [0.5, 0.6) is 0 Å². The van der Waals surface area contributed by atoms with Crippen molar-refractivity contribution in [3.8, 4) is 0 Å². The van der Waals surface area contributed by atoms with Crippen LogP contribution < -0.4 is 10.6 Å². The van der Waals surface area contributed by atoms with Gasteiger partial charge in [0, 0.05) is 28.1 Å². The number of aryl methyl sites for hydroxylation is 1. The summed E-state index contributed by atoms with van der Waals surface area (Å²) >= 11 is 3.82. The summed E-state index contributed by atoms with van der Waals surface area (Å²) in [6.07, 6.45) is 6.03. The van der Waals surface area contributed by atoms with Crippen LogP contribution in [-0.2, 0) is 6.54 Å². The minimum absolute atomic E-state index is 0.578. The van der Waals surface area contributed by atoms with E-state index in [0.29, 0.717) is 6.04 Å². The van der Waals surface area contributed by atoms with Crippen molar-refractivity contribution in [3.63, 3.8) is 0 Å². The van der Waals surface area contributed by atoms with Crippen molar-refractivity contribution < 1.29 is 0 Å². The summed E-state index contributed by atoms with van der Waals surface area (Å²) in [5.41, 5.74) is 0. The molecular formula is C14H23N3S2. The van der Waals surface area contributed by atoms with E-state index in [4.69, 9.17) is 0 Å². The van der Waals surface area contributed by atoms with E-state index in [0.717, 1.165) is 17.8 Å². The van der Waals surface area contributed by atoms with Gasteiger partial charge in [-0.15, -0.1) is 11.3 Å². The Kier molecular flexibility index (Phi) is 5.58. The average molecular weight is 297 g/mol. The van der Waals surface area contributed by atoms with E-state index in [1.165, 1.54) is 29.0 Å². The maximum Gasteiger partial charge on any atom is 0.191 e. The van der Waals surface area contributed by atoms with Gasteiger partial charge >= 0.3 is 0 Å². The van der Waals surface area contributed by atoms with Crippen LogP contribution in [0.3, 0.4) is 0 Å². The van der Waals surface area contributed by atoms with Gasteiger partial charge in [0.1, 0.15) is 0 Å². The quantitative estimate of drug-likeness (QED) is 0.662. The van der Waals surface area contributed by atoms with E-state index >= 15 is 0 Å². The summed E-state index contributed by atoms with van der Waals surface area (Å²) in [6.45, 7) is 3.00. The lowest BCUT2D eigenvalue weighted by molar-refractivity contribution is 0.615. The zero-order valence-electron chi connectivity index (χ0n) is 11.9. The van der Waals surface area contributed by atoms with Crippen LogP contribution in [-0.4, -0.2) is 30.6 Å². The molecule has 0 bridgehead atoms. The molecule has 106 valence electrons. The SMILES string of the molecule is CN=C(NCc1ccc(C)s1)NC1CCC(SC)C1. The number of rotatable bonds is 4. The molecule has 2 rings (SSSR count). The molecule has 2 atom stereocenters. The third kappa shape index (κ3) is 4.42. The minimum Gasteiger partial charge on any atom is -0.354 e. The highest BCUT2D eigenvalue weighted by atomic mass is 32.2. The number of thioether (sulfide) groups is 1. The standard InChI is InChI=1S/C14H23N3S2/c1-10-4-6-13(19-10)9-16-14(15-2)17-11-5-7-12(8-11)18-3/h4,6,11-12H,5,7-9H2,1-3H3,(H2,15,16,17). The van der Waals surface area contributed by atoms with E-state index < -0.39 is 0 Å². The van der Waals surface area contributed by atoms with E-state index in [2.05, 4.69) is 40.9 Å². The molecule has 2 unspecified atom stereocenters. The van der Waals surface area contributed by atoms with Gasteiger partial charge in [-0.3, -0.25) is 4.99 Å². The van der Waals surface area contributed by atoms with E-state index in [1.807, 2.05) is 30.1 Å². The van der Waals surface area contributed by atoms with Crippen LogP contribution in [0.4, 0.5) is 0 Å². The summed E-state index contributed by atoms with van der Waals surface area (Å²) < 4.78 is 0. The average Bonchev–Trinajstić information content (AvgIpc) is 3.03. The normalized spacial score (nSPS) is 23.6. The maximum atomic E-state index is 4.32. The molecule has 1 fully saturated rings. The van der Waals surface area contributed by atoms with Crippen molar-refractivity contribution in [2.45, 2.75) is 44.0 Å². The molecule has 1 aromatic heterocycles. The first-order chi connectivity index (χ1) is 9.21. The van der Waals surface area contributed by atoms with Crippen LogP contribution in [0, 0.1) is 6.92 Å². The second-order valence-electron chi connectivity index (χ2n) is 4.95. The van der Waals surface area contributed by atoms with Crippen molar-refractivity contribution in [1.82, 2.24) is 10.6 Å². The number of hydrogen-bond acceptors (Lipinski definition) is 3. The maximum absolute atomic E-state index is 4.32. The molecule has 1 aliphatic rings. The molecule has 5 heteroatoms. The Morgan fingerprint density at radius 2 is 2.32 bits per heavy atom. The monoisotopic (exact) mass is 297 g/mol. The first kappa shape index (κ1) is 14.7. The molecule has 0 saturated heterocycles. The summed E-state index contributed by atoms with van der Waals surface area (Å²) in [7, 11) is 1.84. The lowest BCUT2D eigenvalue weighted by Gasteiger charge is -2.17. The molecule has 0 radical (unpaired) electrons. The lowest BCUT2D eigenvalue weighted by Crippen LogP contribution is -2.42. The lowest BCUT2D eigenvalue weighted by atomic mass is 10.2. The number of nitrogens with one attached hydrogen (secondary N) is 2. The molecule has 1 heterocycles. The third-order valence-electron chi connectivity index (χ3n) is 3.51. The predicted molar refractivity (Wildman–Crippen MR) is 87.3 cm³/mol.